The van der Waals surface area contributed by atoms with Gasteiger partial charge in [0.15, 0.2) is 0 Å². The Balaban J connectivity index is 1.68. The van der Waals surface area contributed by atoms with E-state index in [1.54, 1.807) is 11.9 Å². The van der Waals surface area contributed by atoms with Crippen LogP contribution in [0, 0.1) is 0 Å². The Bertz CT molecular complexity index is 527. The van der Waals surface area contributed by atoms with E-state index in [4.69, 9.17) is 11.6 Å². The highest BCUT2D eigenvalue weighted by atomic mass is 35.5. The average Bonchev–Trinajstić information content (AvgIpc) is 2.78. The van der Waals surface area contributed by atoms with E-state index in [2.05, 4.69) is 5.32 Å². The highest BCUT2D eigenvalue weighted by Crippen LogP contribution is 2.22. The second-order valence-electron chi connectivity index (χ2n) is 5.84. The van der Waals surface area contributed by atoms with Crippen molar-refractivity contribution in [2.24, 2.45) is 0 Å². The minimum atomic E-state index is -0.168. The van der Waals surface area contributed by atoms with E-state index in [1.807, 2.05) is 17.0 Å². The van der Waals surface area contributed by atoms with Gasteiger partial charge in [-0.25, -0.2) is 4.79 Å². The minimum absolute atomic E-state index is 0.139. The topological polar surface area (TPSA) is 52.7 Å². The van der Waals surface area contributed by atoms with Gasteiger partial charge in [0, 0.05) is 38.0 Å². The summed E-state index contributed by atoms with van der Waals surface area (Å²) < 4.78 is 0.719. The number of carbonyl (C=O) groups is 2. The molecule has 1 aliphatic rings. The highest BCUT2D eigenvalue weighted by Gasteiger charge is 2.16. The molecule has 0 aromatic carbocycles. The molecule has 0 saturated carbocycles. The number of urea groups is 1. The summed E-state index contributed by atoms with van der Waals surface area (Å²) in [5.41, 5.74) is 0. The van der Waals surface area contributed by atoms with Crippen molar-refractivity contribution in [1.82, 2.24) is 15.1 Å². The number of carbonyl (C=O) groups excluding carboxylic acids is 2. The number of thiophene rings is 1. The molecular weight excluding hydrogens is 334 g/mol. The zero-order valence-corrected chi connectivity index (χ0v) is 15.1. The first-order chi connectivity index (χ1) is 11.1. The van der Waals surface area contributed by atoms with Crippen molar-refractivity contribution in [3.63, 3.8) is 0 Å². The monoisotopic (exact) mass is 357 g/mol. The Hall–Kier alpha value is -1.27. The lowest BCUT2D eigenvalue weighted by atomic mass is 10.2. The van der Waals surface area contributed by atoms with Crippen molar-refractivity contribution in [2.45, 2.75) is 38.6 Å². The molecule has 0 bridgehead atoms. The van der Waals surface area contributed by atoms with Crippen LogP contribution >= 0.6 is 22.9 Å². The lowest BCUT2D eigenvalue weighted by Crippen LogP contribution is -2.39. The second-order valence-corrected chi connectivity index (χ2v) is 7.64. The number of nitrogens with zero attached hydrogens (tertiary/aromatic N) is 2. The fraction of sp³-hybridized carbons (Fsp3) is 0.625. The Morgan fingerprint density at radius 1 is 1.26 bits per heavy atom. The second kappa shape index (κ2) is 9.13. The molecule has 1 N–H and O–H groups in total. The van der Waals surface area contributed by atoms with Gasteiger partial charge in [-0.15, -0.1) is 11.3 Å². The molecule has 0 spiro atoms. The minimum Gasteiger partial charge on any atom is -0.343 e. The van der Waals surface area contributed by atoms with Crippen LogP contribution in [0.1, 0.15) is 37.0 Å². The molecule has 2 heterocycles. The summed E-state index contributed by atoms with van der Waals surface area (Å²) in [5, 5.41) is 2.81. The number of hydrogen-bond acceptors (Lipinski definition) is 3. The van der Waals surface area contributed by atoms with Gasteiger partial charge in [-0.2, -0.15) is 0 Å². The first-order valence-electron chi connectivity index (χ1n) is 8.07. The normalized spacial score (nSPS) is 15.1. The maximum Gasteiger partial charge on any atom is 0.317 e. The van der Waals surface area contributed by atoms with Crippen LogP contribution in [0.15, 0.2) is 12.1 Å². The van der Waals surface area contributed by atoms with Crippen LogP contribution in [0.3, 0.4) is 0 Å². The largest absolute Gasteiger partial charge is 0.343 e. The molecule has 1 saturated heterocycles. The van der Waals surface area contributed by atoms with Crippen molar-refractivity contribution in [2.75, 3.05) is 26.7 Å². The summed E-state index contributed by atoms with van der Waals surface area (Å²) in [6.45, 7) is 2.60. The molecule has 0 aliphatic carbocycles. The fourth-order valence-corrected chi connectivity index (χ4v) is 3.77. The Morgan fingerprint density at radius 3 is 2.57 bits per heavy atom. The summed E-state index contributed by atoms with van der Waals surface area (Å²) in [7, 11) is 1.74. The maximum absolute atomic E-state index is 12.1. The predicted octanol–water partition coefficient (Wildman–Crippen LogP) is 3.34. The fourth-order valence-electron chi connectivity index (χ4n) is 2.63. The van der Waals surface area contributed by atoms with Gasteiger partial charge < -0.3 is 15.1 Å². The summed E-state index contributed by atoms with van der Waals surface area (Å²) >= 11 is 7.35. The first-order valence-corrected chi connectivity index (χ1v) is 9.26. The van der Waals surface area contributed by atoms with Gasteiger partial charge in [-0.1, -0.05) is 24.4 Å². The number of hydrogen-bond donors (Lipinski definition) is 1. The molecule has 23 heavy (non-hydrogen) atoms. The van der Waals surface area contributed by atoms with E-state index < -0.39 is 0 Å². The smallest absolute Gasteiger partial charge is 0.317 e. The number of amides is 3. The number of halogens is 1. The molecular formula is C16H24ClN3O2S. The molecule has 1 aromatic rings. The van der Waals surface area contributed by atoms with Crippen molar-refractivity contribution >= 4 is 34.9 Å². The van der Waals surface area contributed by atoms with E-state index >= 15 is 0 Å². The summed E-state index contributed by atoms with van der Waals surface area (Å²) in [6.07, 6.45) is 4.95. The van der Waals surface area contributed by atoms with Crippen molar-refractivity contribution in [3.8, 4) is 0 Å². The van der Waals surface area contributed by atoms with Gasteiger partial charge in [0.2, 0.25) is 5.91 Å². The number of nitrogens with one attached hydrogen (secondary N) is 1. The van der Waals surface area contributed by atoms with Crippen molar-refractivity contribution in [3.05, 3.63) is 21.3 Å². The first kappa shape index (κ1) is 18.1. The standard InChI is InChI=1S/C16H24ClN3O2S/c1-19(12-13-6-7-14(17)23-13)16(22)18-9-8-15(21)20-10-4-2-3-5-11-20/h6-7H,2-5,8-12H2,1H3,(H,18,22). The molecule has 0 radical (unpaired) electrons. The van der Waals surface area contributed by atoms with E-state index in [9.17, 15) is 9.59 Å². The third kappa shape index (κ3) is 6.03. The van der Waals surface area contributed by atoms with E-state index in [0.29, 0.717) is 19.5 Å². The van der Waals surface area contributed by atoms with Gasteiger partial charge in [0.25, 0.3) is 0 Å². The van der Waals surface area contributed by atoms with E-state index in [1.165, 1.54) is 24.2 Å². The molecule has 7 heteroatoms. The Morgan fingerprint density at radius 2 is 1.96 bits per heavy atom. The van der Waals surface area contributed by atoms with Gasteiger partial charge in [0.05, 0.1) is 10.9 Å². The average molecular weight is 358 g/mol. The third-order valence-electron chi connectivity index (χ3n) is 3.94. The summed E-state index contributed by atoms with van der Waals surface area (Å²) in [6, 6.07) is 3.57. The third-order valence-corrected chi connectivity index (χ3v) is 5.16. The molecule has 0 atom stereocenters. The summed E-state index contributed by atoms with van der Waals surface area (Å²) in [5.74, 6) is 0.139. The maximum atomic E-state index is 12.1. The molecule has 5 nitrogen and oxygen atoms in total. The molecule has 1 aliphatic heterocycles. The van der Waals surface area contributed by atoms with Gasteiger partial charge in [-0.3, -0.25) is 4.79 Å². The van der Waals surface area contributed by atoms with Gasteiger partial charge >= 0.3 is 6.03 Å². The van der Waals surface area contributed by atoms with Gasteiger partial charge in [-0.05, 0) is 25.0 Å². The highest BCUT2D eigenvalue weighted by molar-refractivity contribution is 7.16. The van der Waals surface area contributed by atoms with E-state index in [-0.39, 0.29) is 11.9 Å². The number of likely N-dealkylation sites (tertiary alicyclic amines) is 1. The Kier molecular flexibility index (Phi) is 7.17. The summed E-state index contributed by atoms with van der Waals surface area (Å²) in [4.78, 5) is 28.7. The molecule has 3 amide bonds. The van der Waals surface area contributed by atoms with Crippen LogP contribution in [-0.2, 0) is 11.3 Å². The SMILES string of the molecule is CN(Cc1ccc(Cl)s1)C(=O)NCCC(=O)N1CCCCCC1. The lowest BCUT2D eigenvalue weighted by molar-refractivity contribution is -0.131. The predicted molar refractivity (Wildman–Crippen MR) is 93.9 cm³/mol. The van der Waals surface area contributed by atoms with Crippen LogP contribution in [0.4, 0.5) is 4.79 Å². The Labute approximate surface area is 146 Å². The van der Waals surface area contributed by atoms with E-state index in [0.717, 1.165) is 35.1 Å². The van der Waals surface area contributed by atoms with Crippen molar-refractivity contribution in [1.29, 1.82) is 0 Å². The lowest BCUT2D eigenvalue weighted by Gasteiger charge is -2.21. The molecule has 128 valence electrons. The molecule has 1 aromatic heterocycles. The molecule has 1 fully saturated rings. The van der Waals surface area contributed by atoms with Gasteiger partial charge in [0.1, 0.15) is 0 Å². The van der Waals surface area contributed by atoms with Crippen LogP contribution < -0.4 is 5.32 Å². The quantitative estimate of drug-likeness (QED) is 0.878. The molecule has 0 unspecified atom stereocenters. The van der Waals surface area contributed by atoms with Crippen LogP contribution in [0.25, 0.3) is 0 Å². The van der Waals surface area contributed by atoms with Crippen LogP contribution in [-0.4, -0.2) is 48.4 Å². The molecule has 2 rings (SSSR count). The zero-order chi connectivity index (χ0) is 16.7. The zero-order valence-electron chi connectivity index (χ0n) is 13.5. The number of rotatable bonds is 5. The van der Waals surface area contributed by atoms with Crippen LogP contribution in [0.5, 0.6) is 0 Å². The van der Waals surface area contributed by atoms with Crippen molar-refractivity contribution < 1.29 is 9.59 Å². The van der Waals surface area contributed by atoms with Crippen LogP contribution in [0.2, 0.25) is 4.34 Å².